The number of hydrogen-bond donors (Lipinski definition) is 3. The van der Waals surface area contributed by atoms with Crippen LogP contribution in [0.1, 0.15) is 83.4 Å². The minimum Gasteiger partial charge on any atom is -0.491 e. The van der Waals surface area contributed by atoms with Crippen LogP contribution in [0.2, 0.25) is 5.02 Å². The number of fused-ring (bicyclic) bond motifs is 2. The molecule has 2 aliphatic rings. The number of carbonyl (C=O) groups excluding carboxylic acids is 4. The average molecular weight is 834 g/mol. The highest BCUT2D eigenvalue weighted by molar-refractivity contribution is 7.92. The van der Waals surface area contributed by atoms with Gasteiger partial charge in [-0.3, -0.25) is 34.1 Å². The first-order valence-corrected chi connectivity index (χ1v) is 21.2. The van der Waals surface area contributed by atoms with E-state index >= 15 is 0 Å². The number of halogens is 1. The van der Waals surface area contributed by atoms with E-state index in [1.54, 1.807) is 24.4 Å². The van der Waals surface area contributed by atoms with Gasteiger partial charge in [0, 0.05) is 35.7 Å². The predicted molar refractivity (Wildman–Crippen MR) is 223 cm³/mol. The second-order valence-corrected chi connectivity index (χ2v) is 17.2. The van der Waals surface area contributed by atoms with E-state index in [-0.39, 0.29) is 29.9 Å². The molecule has 1 unspecified atom stereocenters. The van der Waals surface area contributed by atoms with Crippen molar-refractivity contribution in [2.45, 2.75) is 57.4 Å². The first-order chi connectivity index (χ1) is 28.1. The van der Waals surface area contributed by atoms with Crippen LogP contribution in [0.4, 0.5) is 11.6 Å². The normalized spacial score (nSPS) is 15.5. The minimum absolute atomic E-state index is 0.0136. The third-order valence-corrected chi connectivity index (χ3v) is 11.4. The van der Waals surface area contributed by atoms with Crippen LogP contribution in [0.25, 0.3) is 22.0 Å². The van der Waals surface area contributed by atoms with Crippen LogP contribution >= 0.6 is 11.6 Å². The molecule has 0 bridgehead atoms. The molecule has 302 valence electrons. The molecular formula is C43H40ClN7O7S. The summed E-state index contributed by atoms with van der Waals surface area (Å²) >= 11 is 6.75. The summed E-state index contributed by atoms with van der Waals surface area (Å²) in [6.07, 6.45) is 5.06. The number of anilines is 2. The first kappa shape index (κ1) is 40.8. The molecule has 59 heavy (non-hydrogen) atoms. The van der Waals surface area contributed by atoms with E-state index in [4.69, 9.17) is 16.3 Å². The van der Waals surface area contributed by atoms with Gasteiger partial charge in [0.05, 0.1) is 40.1 Å². The molecule has 4 aromatic carbocycles. The van der Waals surface area contributed by atoms with Gasteiger partial charge in [-0.25, -0.2) is 18.4 Å². The Balaban J connectivity index is 0.913. The van der Waals surface area contributed by atoms with E-state index in [9.17, 15) is 32.9 Å². The highest BCUT2D eigenvalue weighted by Crippen LogP contribution is 2.39. The molecule has 0 aliphatic carbocycles. The third kappa shape index (κ3) is 8.74. The van der Waals surface area contributed by atoms with Gasteiger partial charge in [-0.1, -0.05) is 55.8 Å². The maximum Gasteiger partial charge on any atom is 0.262 e. The maximum atomic E-state index is 13.1. The van der Waals surface area contributed by atoms with Gasteiger partial charge in [0.25, 0.3) is 11.8 Å². The lowest BCUT2D eigenvalue weighted by Crippen LogP contribution is -2.54. The monoisotopic (exact) mass is 833 g/mol. The van der Waals surface area contributed by atoms with Crippen molar-refractivity contribution in [3.05, 3.63) is 112 Å². The summed E-state index contributed by atoms with van der Waals surface area (Å²) in [4.78, 5) is 59.3. The fourth-order valence-corrected chi connectivity index (χ4v) is 7.95. The molecule has 2 aliphatic heterocycles. The fourth-order valence-electron chi connectivity index (χ4n) is 7.25. The van der Waals surface area contributed by atoms with Gasteiger partial charge in [-0.2, -0.15) is 5.26 Å². The highest BCUT2D eigenvalue weighted by Gasteiger charge is 2.44. The number of benzene rings is 4. The number of sulfonamides is 1. The van der Waals surface area contributed by atoms with Crippen LogP contribution < -0.4 is 20.1 Å². The lowest BCUT2D eigenvalue weighted by Gasteiger charge is -2.27. The summed E-state index contributed by atoms with van der Waals surface area (Å²) in [6, 6.07) is 23.6. The Bertz CT molecular complexity index is 2680. The number of nitriles is 1. The molecule has 5 aromatic rings. The van der Waals surface area contributed by atoms with Crippen LogP contribution in [0, 0.1) is 11.3 Å². The summed E-state index contributed by atoms with van der Waals surface area (Å²) < 4.78 is 31.5. The Morgan fingerprint density at radius 1 is 0.932 bits per heavy atom. The topological polar surface area (TPSA) is 201 Å². The Morgan fingerprint density at radius 3 is 2.41 bits per heavy atom. The van der Waals surface area contributed by atoms with Crippen molar-refractivity contribution in [3.63, 3.8) is 0 Å². The van der Waals surface area contributed by atoms with Crippen LogP contribution in [0.3, 0.4) is 0 Å². The molecule has 0 spiro atoms. The Hall–Kier alpha value is -6.37. The number of hydrogen-bond acceptors (Lipinski definition) is 11. The minimum atomic E-state index is -3.50. The zero-order chi connectivity index (χ0) is 42.1. The molecule has 3 N–H and O–H groups in total. The van der Waals surface area contributed by atoms with Gasteiger partial charge in [-0.15, -0.1) is 0 Å². The van der Waals surface area contributed by atoms with Gasteiger partial charge in [0.15, 0.2) is 5.75 Å². The summed E-state index contributed by atoms with van der Waals surface area (Å²) in [5.74, 6) is -1.82. The maximum absolute atomic E-state index is 13.1. The number of ether oxygens (including phenoxy) is 1. The molecule has 0 radical (unpaired) electrons. The fraction of sp³-hybridized carbons (Fsp3) is 0.279. The number of unbranched alkanes of at least 4 members (excludes halogenated alkanes) is 2. The third-order valence-electron chi connectivity index (χ3n) is 10.5. The molecule has 1 aromatic heterocycles. The van der Waals surface area contributed by atoms with Crippen molar-refractivity contribution >= 4 is 67.8 Å². The number of carbonyl (C=O) groups is 4. The molecule has 16 heteroatoms. The van der Waals surface area contributed by atoms with Crippen molar-refractivity contribution < 1.29 is 32.3 Å². The van der Waals surface area contributed by atoms with Crippen molar-refractivity contribution in [2.24, 2.45) is 0 Å². The number of rotatable bonds is 14. The van der Waals surface area contributed by atoms with Gasteiger partial charge >= 0.3 is 0 Å². The standard InChI is InChI=1S/C43H40ClN7O7S/c1-43(2,29-10-7-25(8-11-29)26-9-14-35-28(19-26)24-47-42(48-35)50-59(3,56)57)30-20-27(23-45)38(34(44)21-30)58-18-6-4-5-17-46-31-12-13-32-33(22-31)41(55)51(40(32)54)36-15-16-37(52)49-39(36)53/h7-14,19-22,24,36,46H,4-6,15-18H2,1-3H3,(H,47,48,50)(H,49,52,53). The van der Waals surface area contributed by atoms with E-state index in [0.717, 1.165) is 51.6 Å². The predicted octanol–water partition coefficient (Wildman–Crippen LogP) is 6.58. The van der Waals surface area contributed by atoms with Crippen molar-refractivity contribution in [3.8, 4) is 22.9 Å². The molecular weight excluding hydrogens is 794 g/mol. The zero-order valence-electron chi connectivity index (χ0n) is 32.5. The first-order valence-electron chi connectivity index (χ1n) is 18.9. The van der Waals surface area contributed by atoms with Gasteiger partial charge in [0.2, 0.25) is 27.8 Å². The molecule has 1 fully saturated rings. The molecule has 0 saturated carbocycles. The van der Waals surface area contributed by atoms with Crippen molar-refractivity contribution in [1.29, 1.82) is 5.26 Å². The summed E-state index contributed by atoms with van der Waals surface area (Å²) in [7, 11) is -3.50. The Kier molecular flexibility index (Phi) is 11.4. The lowest BCUT2D eigenvalue weighted by atomic mass is 9.77. The number of piperidine rings is 1. The van der Waals surface area contributed by atoms with E-state index in [1.807, 2.05) is 54.6 Å². The second kappa shape index (κ2) is 16.5. The number of imide groups is 2. The molecule has 7 rings (SSSR count). The SMILES string of the molecule is CC(C)(c1ccc(-c2ccc3nc(NS(C)(=O)=O)ncc3c2)cc1)c1cc(Cl)c(OCCCCCNc2ccc3c(c2)C(=O)N(C2CCC(=O)NC2=O)C3=O)c(C#N)c1. The smallest absolute Gasteiger partial charge is 0.262 e. The van der Waals surface area contributed by atoms with Crippen LogP contribution in [0.5, 0.6) is 5.75 Å². The molecule has 4 amide bonds. The Morgan fingerprint density at radius 2 is 1.68 bits per heavy atom. The summed E-state index contributed by atoms with van der Waals surface area (Å²) in [5, 5.41) is 16.7. The van der Waals surface area contributed by atoms with E-state index in [1.165, 1.54) is 0 Å². The van der Waals surface area contributed by atoms with Crippen LogP contribution in [-0.4, -0.2) is 72.4 Å². The van der Waals surface area contributed by atoms with Crippen LogP contribution in [-0.2, 0) is 25.0 Å². The number of nitrogens with one attached hydrogen (secondary N) is 3. The van der Waals surface area contributed by atoms with Crippen LogP contribution in [0.15, 0.2) is 79.0 Å². The van der Waals surface area contributed by atoms with Crippen molar-refractivity contribution in [1.82, 2.24) is 20.2 Å². The molecule has 1 saturated heterocycles. The molecule has 3 heterocycles. The zero-order valence-corrected chi connectivity index (χ0v) is 34.0. The summed E-state index contributed by atoms with van der Waals surface area (Å²) in [6.45, 7) is 5.08. The van der Waals surface area contributed by atoms with Gasteiger partial charge in [0.1, 0.15) is 12.1 Å². The lowest BCUT2D eigenvalue weighted by molar-refractivity contribution is -0.136. The van der Waals surface area contributed by atoms with E-state index in [2.05, 4.69) is 45.2 Å². The van der Waals surface area contributed by atoms with Gasteiger partial charge < -0.3 is 10.1 Å². The number of aromatic nitrogens is 2. The summed E-state index contributed by atoms with van der Waals surface area (Å²) in [5.41, 5.74) is 5.33. The second-order valence-electron chi connectivity index (χ2n) is 15.0. The average Bonchev–Trinajstić information content (AvgIpc) is 3.44. The Labute approximate surface area is 346 Å². The van der Waals surface area contributed by atoms with Gasteiger partial charge in [-0.05, 0) is 90.4 Å². The quantitative estimate of drug-likeness (QED) is 0.0806. The number of amides is 4. The highest BCUT2D eigenvalue weighted by atomic mass is 35.5. The van der Waals surface area contributed by atoms with E-state index < -0.39 is 45.1 Å². The molecule has 1 atom stereocenters. The molecule has 14 nitrogen and oxygen atoms in total. The largest absolute Gasteiger partial charge is 0.491 e. The van der Waals surface area contributed by atoms with E-state index in [0.29, 0.717) is 47.1 Å². The number of nitrogens with zero attached hydrogens (tertiary/aromatic N) is 4. The van der Waals surface area contributed by atoms with Crippen molar-refractivity contribution in [2.75, 3.05) is 29.4 Å².